The average Bonchev–Trinajstić information content (AvgIpc) is 3.56. The Hall–Kier alpha value is -2.88. The molecule has 1 saturated carbocycles. The number of nitrogens with one attached hydrogen (secondary N) is 2. The molecule has 10 heteroatoms. The number of halogens is 3. The highest BCUT2D eigenvalue weighted by molar-refractivity contribution is 7.98. The molecular weight excluding hydrogens is 425 g/mol. The van der Waals surface area contributed by atoms with E-state index in [4.69, 9.17) is 0 Å². The fraction of sp³-hybridized carbons (Fsp3) is 0.333. The van der Waals surface area contributed by atoms with Crippen LogP contribution in [0.15, 0.2) is 41.3 Å². The molecule has 1 fully saturated rings. The van der Waals surface area contributed by atoms with E-state index in [9.17, 15) is 13.2 Å². The van der Waals surface area contributed by atoms with Gasteiger partial charge in [0.25, 0.3) is 5.92 Å². The van der Waals surface area contributed by atoms with Gasteiger partial charge in [-0.2, -0.15) is 23.7 Å². The number of hydrogen-bond donors (Lipinski definition) is 2. The third kappa shape index (κ3) is 5.63. The van der Waals surface area contributed by atoms with E-state index in [0.717, 1.165) is 24.7 Å². The molecule has 4 rings (SSSR count). The lowest BCUT2D eigenvalue weighted by atomic mass is 10.2. The van der Waals surface area contributed by atoms with E-state index < -0.39 is 11.7 Å². The Bertz CT molecular complexity index is 1080. The molecule has 0 radical (unpaired) electrons. The first kappa shape index (κ1) is 21.4. The Balaban J connectivity index is 1.70. The highest BCUT2D eigenvalue weighted by atomic mass is 32.2. The maximum atomic E-state index is 13.9. The minimum Gasteiger partial charge on any atom is -0.354 e. The molecule has 0 bridgehead atoms. The first-order valence-corrected chi connectivity index (χ1v) is 11.0. The van der Waals surface area contributed by atoms with Gasteiger partial charge in [-0.15, -0.1) is 11.8 Å². The van der Waals surface area contributed by atoms with Crippen LogP contribution in [-0.2, 0) is 5.92 Å². The van der Waals surface area contributed by atoms with Crippen molar-refractivity contribution < 1.29 is 13.2 Å². The Morgan fingerprint density at radius 1 is 1.06 bits per heavy atom. The summed E-state index contributed by atoms with van der Waals surface area (Å²) in [4.78, 5) is 17.8. The van der Waals surface area contributed by atoms with E-state index in [0.29, 0.717) is 24.1 Å². The first-order valence-electron chi connectivity index (χ1n) is 9.77. The van der Waals surface area contributed by atoms with Gasteiger partial charge in [0.15, 0.2) is 5.82 Å². The summed E-state index contributed by atoms with van der Waals surface area (Å²) in [6, 6.07) is 8.83. The molecule has 2 N–H and O–H groups in total. The molecule has 3 aromatic rings. The summed E-state index contributed by atoms with van der Waals surface area (Å²) in [5, 5.41) is 6.15. The number of benzene rings is 1. The van der Waals surface area contributed by atoms with E-state index in [1.165, 1.54) is 36.0 Å². The van der Waals surface area contributed by atoms with Crippen molar-refractivity contribution in [3.05, 3.63) is 47.9 Å². The van der Waals surface area contributed by atoms with Crippen LogP contribution < -0.4 is 10.6 Å². The second-order valence-electron chi connectivity index (χ2n) is 7.43. The number of anilines is 3. The molecule has 2 aromatic heterocycles. The van der Waals surface area contributed by atoms with Gasteiger partial charge < -0.3 is 10.6 Å². The lowest BCUT2D eigenvalue weighted by Gasteiger charge is -2.13. The largest absolute Gasteiger partial charge is 0.354 e. The van der Waals surface area contributed by atoms with Crippen molar-refractivity contribution in [2.45, 2.75) is 30.6 Å². The predicted molar refractivity (Wildman–Crippen MR) is 115 cm³/mol. The number of alkyl halides is 2. The van der Waals surface area contributed by atoms with Crippen LogP contribution in [-0.4, -0.2) is 32.7 Å². The summed E-state index contributed by atoms with van der Waals surface area (Å²) in [6.07, 6.45) is 4.14. The van der Waals surface area contributed by atoms with Crippen LogP contribution in [0.5, 0.6) is 0 Å². The molecule has 1 aromatic carbocycles. The SMILES string of the molecule is CSc1cc(F)cc(Nc2nc(NCC3CC3)nc(-c3cccc(C(C)(F)F)n3)n2)c1. The van der Waals surface area contributed by atoms with Crippen molar-refractivity contribution in [1.82, 2.24) is 19.9 Å². The number of rotatable bonds is 8. The monoisotopic (exact) mass is 446 g/mol. The summed E-state index contributed by atoms with van der Waals surface area (Å²) in [7, 11) is 0. The third-order valence-electron chi connectivity index (χ3n) is 4.67. The van der Waals surface area contributed by atoms with Gasteiger partial charge >= 0.3 is 0 Å². The zero-order chi connectivity index (χ0) is 22.0. The van der Waals surface area contributed by atoms with Crippen molar-refractivity contribution in [3.63, 3.8) is 0 Å². The molecule has 0 atom stereocenters. The van der Waals surface area contributed by atoms with E-state index in [2.05, 4.69) is 30.6 Å². The van der Waals surface area contributed by atoms with Crippen LogP contribution in [0.1, 0.15) is 25.5 Å². The van der Waals surface area contributed by atoms with Crippen LogP contribution in [0.4, 0.5) is 30.8 Å². The van der Waals surface area contributed by atoms with Crippen molar-refractivity contribution in [3.8, 4) is 11.5 Å². The van der Waals surface area contributed by atoms with Crippen molar-refractivity contribution in [1.29, 1.82) is 0 Å². The number of thioether (sulfide) groups is 1. The highest BCUT2D eigenvalue weighted by Gasteiger charge is 2.27. The highest BCUT2D eigenvalue weighted by Crippen LogP contribution is 2.30. The second-order valence-corrected chi connectivity index (χ2v) is 8.31. The van der Waals surface area contributed by atoms with Crippen molar-refractivity contribution in [2.24, 2.45) is 5.92 Å². The van der Waals surface area contributed by atoms with Crippen LogP contribution in [0.2, 0.25) is 0 Å². The summed E-state index contributed by atoms with van der Waals surface area (Å²) >= 11 is 1.41. The van der Waals surface area contributed by atoms with Crippen LogP contribution in [0.25, 0.3) is 11.5 Å². The minimum absolute atomic E-state index is 0.142. The second kappa shape index (κ2) is 8.70. The minimum atomic E-state index is -3.09. The normalized spacial score (nSPS) is 13.8. The maximum absolute atomic E-state index is 13.9. The molecule has 6 nitrogen and oxygen atoms in total. The maximum Gasteiger partial charge on any atom is 0.286 e. The predicted octanol–water partition coefficient (Wildman–Crippen LogP) is 5.47. The lowest BCUT2D eigenvalue weighted by molar-refractivity contribution is 0.0129. The Morgan fingerprint density at radius 2 is 1.84 bits per heavy atom. The Kier molecular flexibility index (Phi) is 5.99. The molecule has 2 heterocycles. The molecule has 0 unspecified atom stereocenters. The first-order chi connectivity index (χ1) is 14.8. The van der Waals surface area contributed by atoms with Gasteiger partial charge in [-0.05, 0) is 55.3 Å². The zero-order valence-corrected chi connectivity index (χ0v) is 17.8. The number of pyridine rings is 1. The van der Waals surface area contributed by atoms with Crippen molar-refractivity contribution >= 4 is 29.3 Å². The molecule has 162 valence electrons. The summed E-state index contributed by atoms with van der Waals surface area (Å²) in [5.41, 5.74) is 0.293. The number of nitrogens with zero attached hydrogens (tertiary/aromatic N) is 4. The van der Waals surface area contributed by atoms with Crippen molar-refractivity contribution in [2.75, 3.05) is 23.4 Å². The summed E-state index contributed by atoms with van der Waals surface area (Å²) in [6.45, 7) is 1.50. The average molecular weight is 447 g/mol. The fourth-order valence-corrected chi connectivity index (χ4v) is 3.34. The molecule has 0 saturated heterocycles. The van der Waals surface area contributed by atoms with Gasteiger partial charge in [0.1, 0.15) is 17.2 Å². The third-order valence-corrected chi connectivity index (χ3v) is 5.38. The van der Waals surface area contributed by atoms with Gasteiger partial charge in [0, 0.05) is 24.1 Å². The van der Waals surface area contributed by atoms with E-state index in [1.54, 1.807) is 12.1 Å². The van der Waals surface area contributed by atoms with Gasteiger partial charge in [-0.3, -0.25) is 0 Å². The zero-order valence-electron chi connectivity index (χ0n) is 17.0. The smallest absolute Gasteiger partial charge is 0.286 e. The van der Waals surface area contributed by atoms with Crippen LogP contribution in [0.3, 0.4) is 0 Å². The lowest BCUT2D eigenvalue weighted by Crippen LogP contribution is -2.12. The molecule has 31 heavy (non-hydrogen) atoms. The molecular formula is C21H21F3N6S. The van der Waals surface area contributed by atoms with E-state index in [1.807, 2.05) is 6.26 Å². The van der Waals surface area contributed by atoms with Gasteiger partial charge in [0.05, 0.1) is 0 Å². The quantitative estimate of drug-likeness (QED) is 0.444. The van der Waals surface area contributed by atoms with E-state index >= 15 is 0 Å². The summed E-state index contributed by atoms with van der Waals surface area (Å²) in [5.74, 6) is -2.30. The molecule has 1 aliphatic rings. The Labute approximate surface area is 182 Å². The topological polar surface area (TPSA) is 75.6 Å². The van der Waals surface area contributed by atoms with Crippen LogP contribution in [0, 0.1) is 11.7 Å². The van der Waals surface area contributed by atoms with Gasteiger partial charge in [-0.25, -0.2) is 9.37 Å². The fourth-order valence-electron chi connectivity index (χ4n) is 2.87. The number of hydrogen-bond acceptors (Lipinski definition) is 7. The summed E-state index contributed by atoms with van der Waals surface area (Å²) < 4.78 is 41.4. The standard InChI is InChI=1S/C21H21F3N6S/c1-21(23,24)17-5-3-4-16(27-17)18-28-19(25-11-12-6-7-12)30-20(29-18)26-14-8-13(22)9-15(10-14)31-2/h3-5,8-10,12H,6-7,11H2,1-2H3,(H2,25,26,28,29,30). The van der Waals surface area contributed by atoms with E-state index in [-0.39, 0.29) is 23.2 Å². The molecule has 1 aliphatic carbocycles. The molecule has 0 aliphatic heterocycles. The van der Waals surface area contributed by atoms with Gasteiger partial charge in [-0.1, -0.05) is 6.07 Å². The molecule has 0 amide bonds. The Morgan fingerprint density at radius 3 is 2.55 bits per heavy atom. The van der Waals surface area contributed by atoms with Crippen LogP contribution >= 0.6 is 11.8 Å². The molecule has 0 spiro atoms. The number of aromatic nitrogens is 4. The van der Waals surface area contributed by atoms with Gasteiger partial charge in [0.2, 0.25) is 11.9 Å².